The van der Waals surface area contributed by atoms with Gasteiger partial charge in [0, 0.05) is 18.5 Å². The Morgan fingerprint density at radius 1 is 1.10 bits per heavy atom. The molecule has 0 spiro atoms. The Kier molecular flexibility index (Phi) is 12.3. The summed E-state index contributed by atoms with van der Waals surface area (Å²) in [6.45, 7) is 8.26. The average molecular weight is 434 g/mol. The van der Waals surface area contributed by atoms with E-state index in [1.165, 1.54) is 17.5 Å². The van der Waals surface area contributed by atoms with Crippen LogP contribution in [0.4, 0.5) is 0 Å². The molecule has 0 unspecified atom stereocenters. The molecule has 2 aromatic rings. The second-order valence-electron chi connectivity index (χ2n) is 6.67. The fraction of sp³-hybridized carbons (Fsp3) is 0.148. The standard InChI is InChI=1S/C13H12N2.C13H17N.CH3Cl/c14-13(15)12-8-4-7-11(9-12)10-5-2-1-3-6-10;1-3-4-6-11(2)13-8-5-7-12(9-13)10-14;1-2/h1-9H,(H3,14,15);3-4,6-7,9H,1-2,5,8,10,14H2;1H3/b;6-4-;. The molecule has 0 heterocycles. The summed E-state index contributed by atoms with van der Waals surface area (Å²) in [7, 11) is 0. The van der Waals surface area contributed by atoms with Gasteiger partial charge in [-0.2, -0.15) is 0 Å². The van der Waals surface area contributed by atoms with E-state index in [1.807, 2.05) is 66.7 Å². The minimum Gasteiger partial charge on any atom is -0.384 e. The van der Waals surface area contributed by atoms with Crippen molar-refractivity contribution in [2.75, 3.05) is 12.9 Å². The summed E-state index contributed by atoms with van der Waals surface area (Å²) in [6.07, 6.45) is 13.6. The molecular formula is C27H32ClN3. The van der Waals surface area contributed by atoms with Gasteiger partial charge in [0.1, 0.15) is 5.84 Å². The van der Waals surface area contributed by atoms with Gasteiger partial charge in [-0.1, -0.05) is 92.1 Å². The zero-order valence-electron chi connectivity index (χ0n) is 18.2. The third-order valence-corrected chi connectivity index (χ3v) is 4.54. The highest BCUT2D eigenvalue weighted by Gasteiger charge is 2.05. The van der Waals surface area contributed by atoms with E-state index in [2.05, 4.69) is 36.9 Å². The molecule has 0 saturated carbocycles. The molecule has 162 valence electrons. The third-order valence-electron chi connectivity index (χ3n) is 4.54. The number of halogens is 1. The highest BCUT2D eigenvalue weighted by atomic mass is 35.5. The van der Waals surface area contributed by atoms with E-state index in [4.69, 9.17) is 16.9 Å². The van der Waals surface area contributed by atoms with Gasteiger partial charge in [-0.25, -0.2) is 0 Å². The van der Waals surface area contributed by atoms with Crippen LogP contribution in [0.15, 0.2) is 115 Å². The summed E-state index contributed by atoms with van der Waals surface area (Å²) < 4.78 is 0. The van der Waals surface area contributed by atoms with Crippen molar-refractivity contribution in [1.82, 2.24) is 0 Å². The van der Waals surface area contributed by atoms with Gasteiger partial charge in [0.2, 0.25) is 0 Å². The number of hydrogen-bond donors (Lipinski definition) is 3. The maximum absolute atomic E-state index is 7.37. The first-order valence-electron chi connectivity index (χ1n) is 10.0. The van der Waals surface area contributed by atoms with Crippen molar-refractivity contribution in [2.24, 2.45) is 11.5 Å². The molecule has 1 aliphatic carbocycles. The van der Waals surface area contributed by atoms with Crippen molar-refractivity contribution in [3.63, 3.8) is 0 Å². The Hall–Kier alpha value is -3.14. The second kappa shape index (κ2) is 14.8. The van der Waals surface area contributed by atoms with E-state index >= 15 is 0 Å². The molecule has 0 radical (unpaired) electrons. The number of benzene rings is 2. The van der Waals surface area contributed by atoms with Crippen LogP contribution in [0.2, 0.25) is 0 Å². The zero-order valence-corrected chi connectivity index (χ0v) is 18.9. The number of allylic oxidation sites excluding steroid dienone is 6. The van der Waals surface area contributed by atoms with Crippen LogP contribution in [-0.2, 0) is 0 Å². The quantitative estimate of drug-likeness (QED) is 0.214. The normalized spacial score (nSPS) is 12.4. The van der Waals surface area contributed by atoms with Crippen molar-refractivity contribution < 1.29 is 0 Å². The van der Waals surface area contributed by atoms with Crippen molar-refractivity contribution >= 4 is 17.4 Å². The third kappa shape index (κ3) is 9.04. The van der Waals surface area contributed by atoms with Gasteiger partial charge >= 0.3 is 0 Å². The maximum atomic E-state index is 7.37. The molecule has 0 amide bonds. The Labute approximate surface area is 191 Å². The summed E-state index contributed by atoms with van der Waals surface area (Å²) in [5, 5.41) is 7.37. The molecule has 2 aromatic carbocycles. The summed E-state index contributed by atoms with van der Waals surface area (Å²) in [5.41, 5.74) is 17.6. The molecule has 5 N–H and O–H groups in total. The minimum atomic E-state index is 0.104. The van der Waals surface area contributed by atoms with Gasteiger partial charge < -0.3 is 11.5 Å². The Balaban J connectivity index is 0.000000288. The molecule has 3 rings (SSSR count). The van der Waals surface area contributed by atoms with Gasteiger partial charge in [0.05, 0.1) is 0 Å². The van der Waals surface area contributed by atoms with Crippen LogP contribution in [0.5, 0.6) is 0 Å². The van der Waals surface area contributed by atoms with E-state index in [9.17, 15) is 0 Å². The van der Waals surface area contributed by atoms with E-state index in [-0.39, 0.29) is 5.84 Å². The highest BCUT2D eigenvalue weighted by molar-refractivity contribution is 6.15. The molecule has 1 aliphatic rings. The summed E-state index contributed by atoms with van der Waals surface area (Å²) in [4.78, 5) is 0. The van der Waals surface area contributed by atoms with Crippen molar-refractivity contribution in [2.45, 2.75) is 12.8 Å². The van der Waals surface area contributed by atoms with Crippen molar-refractivity contribution in [3.8, 4) is 11.1 Å². The smallest absolute Gasteiger partial charge is 0.122 e. The predicted octanol–water partition coefficient (Wildman–Crippen LogP) is 6.38. The first-order valence-corrected chi connectivity index (χ1v) is 10.8. The number of amidine groups is 1. The number of nitrogens with two attached hydrogens (primary N) is 2. The van der Waals surface area contributed by atoms with E-state index in [1.54, 1.807) is 6.08 Å². The fourth-order valence-electron chi connectivity index (χ4n) is 2.95. The predicted molar refractivity (Wildman–Crippen MR) is 138 cm³/mol. The topological polar surface area (TPSA) is 75.9 Å². The summed E-state index contributed by atoms with van der Waals surface area (Å²) >= 11 is 4.64. The van der Waals surface area contributed by atoms with Gasteiger partial charge in [0.15, 0.2) is 0 Å². The first-order chi connectivity index (χ1) is 15.0. The van der Waals surface area contributed by atoms with Crippen LogP contribution in [0.1, 0.15) is 18.4 Å². The van der Waals surface area contributed by atoms with Crippen molar-refractivity contribution in [1.29, 1.82) is 5.41 Å². The number of rotatable bonds is 6. The largest absolute Gasteiger partial charge is 0.384 e. The van der Waals surface area contributed by atoms with Crippen molar-refractivity contribution in [3.05, 3.63) is 120 Å². The van der Waals surface area contributed by atoms with Crippen LogP contribution >= 0.6 is 11.6 Å². The van der Waals surface area contributed by atoms with Gasteiger partial charge in [-0.15, -0.1) is 11.6 Å². The highest BCUT2D eigenvalue weighted by Crippen LogP contribution is 2.23. The molecule has 0 atom stereocenters. The van der Waals surface area contributed by atoms with E-state index < -0.39 is 0 Å². The first kappa shape index (κ1) is 25.9. The molecule has 0 fully saturated rings. The monoisotopic (exact) mass is 433 g/mol. The number of alkyl halides is 1. The van der Waals surface area contributed by atoms with Crippen LogP contribution < -0.4 is 11.5 Å². The Morgan fingerprint density at radius 3 is 2.39 bits per heavy atom. The van der Waals surface area contributed by atoms with E-state index in [0.717, 1.165) is 35.1 Å². The zero-order chi connectivity index (χ0) is 23.1. The molecular weight excluding hydrogens is 402 g/mol. The molecule has 4 heteroatoms. The second-order valence-corrected chi connectivity index (χ2v) is 6.67. The lowest BCUT2D eigenvalue weighted by molar-refractivity contribution is 0.948. The van der Waals surface area contributed by atoms with Crippen LogP contribution in [0, 0.1) is 5.41 Å². The minimum absolute atomic E-state index is 0.104. The van der Waals surface area contributed by atoms with Gasteiger partial charge in [-0.3, -0.25) is 5.41 Å². The molecule has 0 saturated heterocycles. The molecule has 31 heavy (non-hydrogen) atoms. The van der Waals surface area contributed by atoms with Crippen LogP contribution in [0.25, 0.3) is 11.1 Å². The SMILES string of the molecule is C=C/C=C\C(=C)C1=CC(CN)=CCC1.CCl.N=C(N)c1cccc(-c2ccccc2)c1. The maximum Gasteiger partial charge on any atom is 0.122 e. The lowest BCUT2D eigenvalue weighted by atomic mass is 9.94. The van der Waals surface area contributed by atoms with E-state index in [0.29, 0.717) is 6.54 Å². The number of nitrogen functional groups attached to an aromatic ring is 1. The number of hydrogen-bond acceptors (Lipinski definition) is 2. The Bertz CT molecular complexity index is 953. The fourth-order valence-corrected chi connectivity index (χ4v) is 2.95. The molecule has 0 aliphatic heterocycles. The number of nitrogens with one attached hydrogen (secondary N) is 1. The van der Waals surface area contributed by atoms with Crippen LogP contribution in [-0.4, -0.2) is 18.8 Å². The molecule has 0 bridgehead atoms. The molecule has 3 nitrogen and oxygen atoms in total. The van der Waals surface area contributed by atoms with Crippen LogP contribution in [0.3, 0.4) is 0 Å². The average Bonchev–Trinajstić information content (AvgIpc) is 2.84. The summed E-state index contributed by atoms with van der Waals surface area (Å²) in [6, 6.07) is 17.8. The Morgan fingerprint density at radius 2 is 1.77 bits per heavy atom. The lowest BCUT2D eigenvalue weighted by Gasteiger charge is -2.12. The van der Waals surface area contributed by atoms with Gasteiger partial charge in [-0.05, 0) is 46.8 Å². The van der Waals surface area contributed by atoms with Gasteiger partial charge in [0.25, 0.3) is 0 Å². The summed E-state index contributed by atoms with van der Waals surface area (Å²) in [5.74, 6) is 0.104. The lowest BCUT2D eigenvalue weighted by Crippen LogP contribution is -2.10. The molecule has 0 aromatic heterocycles.